The molecule has 0 radical (unpaired) electrons. The van der Waals surface area contributed by atoms with Gasteiger partial charge in [-0.3, -0.25) is 4.79 Å². The molecule has 0 aromatic carbocycles. The van der Waals surface area contributed by atoms with Gasteiger partial charge >= 0.3 is 11.9 Å². The van der Waals surface area contributed by atoms with E-state index in [1.54, 1.807) is 4.90 Å². The highest BCUT2D eigenvalue weighted by molar-refractivity contribution is 5.82. The van der Waals surface area contributed by atoms with Crippen molar-refractivity contribution < 1.29 is 23.9 Å². The van der Waals surface area contributed by atoms with Crippen molar-refractivity contribution in [2.75, 3.05) is 26.3 Å². The van der Waals surface area contributed by atoms with E-state index >= 15 is 0 Å². The van der Waals surface area contributed by atoms with Crippen LogP contribution in [0.15, 0.2) is 25.3 Å². The van der Waals surface area contributed by atoms with Crippen LogP contribution >= 0.6 is 0 Å². The van der Waals surface area contributed by atoms with Crippen molar-refractivity contribution in [2.45, 2.75) is 81.1 Å². The molecule has 196 valence electrons. The average molecular weight is 480 g/mol. The second-order valence-corrected chi connectivity index (χ2v) is 11.9. The minimum Gasteiger partial charge on any atom is -0.461 e. The molecule has 0 aliphatic rings. The number of ether oxygens (including phenoxy) is 2. The van der Waals surface area contributed by atoms with Crippen LogP contribution in [0.4, 0.5) is 0 Å². The van der Waals surface area contributed by atoms with E-state index in [9.17, 15) is 14.4 Å². The van der Waals surface area contributed by atoms with Crippen molar-refractivity contribution >= 4 is 17.8 Å². The first-order chi connectivity index (χ1) is 15.6. The summed E-state index contributed by atoms with van der Waals surface area (Å²) in [7, 11) is 0. The third-order valence-electron chi connectivity index (χ3n) is 5.73. The van der Waals surface area contributed by atoms with E-state index in [1.807, 2.05) is 0 Å². The molecule has 0 N–H and O–H groups in total. The van der Waals surface area contributed by atoms with Gasteiger partial charge < -0.3 is 14.4 Å². The van der Waals surface area contributed by atoms with Crippen LogP contribution in [0.5, 0.6) is 0 Å². The van der Waals surface area contributed by atoms with Crippen LogP contribution < -0.4 is 0 Å². The molecule has 0 aromatic heterocycles. The monoisotopic (exact) mass is 479 g/mol. The van der Waals surface area contributed by atoms with Gasteiger partial charge in [0.2, 0.25) is 5.91 Å². The molecule has 3 unspecified atom stereocenters. The lowest BCUT2D eigenvalue weighted by Crippen LogP contribution is -2.43. The van der Waals surface area contributed by atoms with E-state index in [1.165, 1.54) is 0 Å². The Morgan fingerprint density at radius 2 is 1.24 bits per heavy atom. The quantitative estimate of drug-likeness (QED) is 0.219. The first kappa shape index (κ1) is 31.9. The Balaban J connectivity index is 5.57. The lowest BCUT2D eigenvalue weighted by Gasteiger charge is -2.34. The van der Waals surface area contributed by atoms with Gasteiger partial charge in [0.15, 0.2) is 0 Å². The fraction of sp³-hybridized carbons (Fsp3) is 0.750. The Kier molecular flexibility index (Phi) is 14.1. The summed E-state index contributed by atoms with van der Waals surface area (Å²) in [6.45, 7) is 25.1. The zero-order valence-electron chi connectivity index (χ0n) is 22.9. The molecule has 0 aromatic rings. The summed E-state index contributed by atoms with van der Waals surface area (Å²) >= 11 is 0. The molecule has 1 amide bonds. The van der Waals surface area contributed by atoms with Gasteiger partial charge in [0.25, 0.3) is 0 Å². The van der Waals surface area contributed by atoms with Crippen molar-refractivity contribution in [1.29, 1.82) is 0 Å². The van der Waals surface area contributed by atoms with Crippen molar-refractivity contribution in [3.63, 3.8) is 0 Å². The predicted molar refractivity (Wildman–Crippen MR) is 138 cm³/mol. The number of rotatable bonds is 15. The van der Waals surface area contributed by atoms with Crippen molar-refractivity contribution in [2.24, 2.45) is 28.6 Å². The lowest BCUT2D eigenvalue weighted by atomic mass is 9.75. The number of nitrogens with zero attached hydrogens (tertiary/aromatic N) is 1. The summed E-state index contributed by atoms with van der Waals surface area (Å²) < 4.78 is 10.2. The average Bonchev–Trinajstić information content (AvgIpc) is 2.69. The minimum atomic E-state index is -0.529. The van der Waals surface area contributed by atoms with Crippen LogP contribution in [-0.4, -0.2) is 49.0 Å². The Labute approximate surface area is 208 Å². The molecule has 0 spiro atoms. The second kappa shape index (κ2) is 15.0. The van der Waals surface area contributed by atoms with Crippen LogP contribution in [0, 0.1) is 28.6 Å². The zero-order valence-corrected chi connectivity index (χ0v) is 22.9. The van der Waals surface area contributed by atoms with Crippen LogP contribution in [0.1, 0.15) is 81.1 Å². The van der Waals surface area contributed by atoms with Gasteiger partial charge in [-0.2, -0.15) is 0 Å². The maximum atomic E-state index is 13.8. The molecule has 0 aliphatic heterocycles. The molecule has 0 aliphatic carbocycles. The highest BCUT2D eigenvalue weighted by Crippen LogP contribution is 2.34. The molecule has 0 heterocycles. The molecule has 0 saturated carbocycles. The molecule has 6 nitrogen and oxygen atoms in total. The van der Waals surface area contributed by atoms with Crippen molar-refractivity contribution in [3.8, 4) is 0 Å². The van der Waals surface area contributed by atoms with E-state index in [2.05, 4.69) is 68.5 Å². The topological polar surface area (TPSA) is 72.9 Å². The molecular formula is C28H49NO5. The van der Waals surface area contributed by atoms with E-state index < -0.39 is 11.9 Å². The molecule has 0 fully saturated rings. The maximum Gasteiger partial charge on any atom is 0.330 e. The third kappa shape index (κ3) is 14.9. The van der Waals surface area contributed by atoms with Crippen molar-refractivity contribution in [1.82, 2.24) is 4.90 Å². The van der Waals surface area contributed by atoms with Gasteiger partial charge in [0, 0.05) is 18.1 Å². The normalized spacial score (nSPS) is 14.5. The number of hydrogen-bond acceptors (Lipinski definition) is 5. The van der Waals surface area contributed by atoms with Crippen LogP contribution in [-0.2, 0) is 23.9 Å². The Bertz CT molecular complexity index is 645. The molecule has 0 bridgehead atoms. The van der Waals surface area contributed by atoms with E-state index in [-0.39, 0.29) is 54.9 Å². The summed E-state index contributed by atoms with van der Waals surface area (Å²) in [6, 6.07) is 0. The number of hydrogen-bond donors (Lipinski definition) is 0. The zero-order chi connectivity index (χ0) is 26.5. The molecular weight excluding hydrogens is 430 g/mol. The third-order valence-corrected chi connectivity index (χ3v) is 5.73. The summed E-state index contributed by atoms with van der Waals surface area (Å²) in [6.07, 6.45) is 5.98. The fourth-order valence-corrected chi connectivity index (χ4v) is 4.57. The highest BCUT2D eigenvalue weighted by Gasteiger charge is 2.32. The van der Waals surface area contributed by atoms with Gasteiger partial charge in [-0.15, -0.1) is 0 Å². The summed E-state index contributed by atoms with van der Waals surface area (Å²) in [5.74, 6) is -0.509. The Hall–Kier alpha value is -2.11. The van der Waals surface area contributed by atoms with E-state index in [0.717, 1.165) is 37.8 Å². The molecule has 34 heavy (non-hydrogen) atoms. The predicted octanol–water partition coefficient (Wildman–Crippen LogP) is 5.81. The number of carbonyl (C=O) groups excluding carboxylic acids is 3. The minimum absolute atomic E-state index is 0.0176. The van der Waals surface area contributed by atoms with Gasteiger partial charge in [0.1, 0.15) is 13.2 Å². The van der Waals surface area contributed by atoms with Gasteiger partial charge in [-0.1, -0.05) is 68.5 Å². The van der Waals surface area contributed by atoms with Crippen LogP contribution in [0.25, 0.3) is 0 Å². The number of carbonyl (C=O) groups is 3. The fourth-order valence-electron chi connectivity index (χ4n) is 4.57. The number of amides is 1. The smallest absolute Gasteiger partial charge is 0.330 e. The SMILES string of the molecule is C=CC(=O)OCCN(CCOC(=O)C=C)C(=O)C(CCC(C)CC(C)(C)C)C(C)CC(C)(C)C. The summed E-state index contributed by atoms with van der Waals surface area (Å²) in [4.78, 5) is 38.4. The Morgan fingerprint density at radius 3 is 1.62 bits per heavy atom. The van der Waals surface area contributed by atoms with E-state index in [0.29, 0.717) is 5.92 Å². The highest BCUT2D eigenvalue weighted by atomic mass is 16.5. The van der Waals surface area contributed by atoms with Gasteiger partial charge in [0.05, 0.1) is 13.1 Å². The second-order valence-electron chi connectivity index (χ2n) is 11.9. The number of esters is 2. The maximum absolute atomic E-state index is 13.8. The van der Waals surface area contributed by atoms with Crippen LogP contribution in [0.2, 0.25) is 0 Å². The first-order valence-electron chi connectivity index (χ1n) is 12.5. The van der Waals surface area contributed by atoms with Gasteiger partial charge in [-0.05, 0) is 48.3 Å². The molecule has 3 atom stereocenters. The Morgan fingerprint density at radius 1 is 0.794 bits per heavy atom. The van der Waals surface area contributed by atoms with Crippen molar-refractivity contribution in [3.05, 3.63) is 25.3 Å². The van der Waals surface area contributed by atoms with E-state index in [4.69, 9.17) is 9.47 Å². The standard InChI is InChI=1S/C28H49NO5/c1-11-24(30)33-17-15-29(16-18-34-25(31)12-2)26(32)23(22(4)20-28(8,9)10)14-13-21(3)19-27(5,6)7/h11-12,21-23H,1-2,13-20H2,3-10H3. The van der Waals surface area contributed by atoms with Crippen LogP contribution in [0.3, 0.4) is 0 Å². The first-order valence-corrected chi connectivity index (χ1v) is 12.5. The molecule has 0 rings (SSSR count). The molecule has 0 saturated heterocycles. The summed E-state index contributed by atoms with van der Waals surface area (Å²) in [5.41, 5.74) is 0.338. The van der Waals surface area contributed by atoms with Gasteiger partial charge in [-0.25, -0.2) is 9.59 Å². The molecule has 6 heteroatoms. The summed E-state index contributed by atoms with van der Waals surface area (Å²) in [5, 5.41) is 0. The lowest BCUT2D eigenvalue weighted by molar-refractivity contribution is -0.146. The largest absolute Gasteiger partial charge is 0.461 e.